The number of piperazine rings is 1. The summed E-state index contributed by atoms with van der Waals surface area (Å²) in [5, 5.41) is 0. The van der Waals surface area contributed by atoms with Gasteiger partial charge in [-0.3, -0.25) is 4.98 Å². The van der Waals surface area contributed by atoms with Crippen LogP contribution in [0.5, 0.6) is 0 Å². The Morgan fingerprint density at radius 2 is 1.83 bits per heavy atom. The molecule has 0 saturated carbocycles. The number of pyridine rings is 1. The third-order valence-electron chi connectivity index (χ3n) is 4.75. The molecule has 0 bridgehead atoms. The van der Waals surface area contributed by atoms with Crippen molar-refractivity contribution < 1.29 is 9.53 Å². The van der Waals surface area contributed by atoms with Gasteiger partial charge in [-0.05, 0) is 39.0 Å². The van der Waals surface area contributed by atoms with Gasteiger partial charge in [0.05, 0.1) is 16.1 Å². The molecule has 1 aliphatic rings. The average Bonchev–Trinajstić information content (AvgIpc) is 3.11. The summed E-state index contributed by atoms with van der Waals surface area (Å²) in [7, 11) is 0. The zero-order valence-electron chi connectivity index (χ0n) is 17.0. The van der Waals surface area contributed by atoms with E-state index in [1.807, 2.05) is 57.4 Å². The summed E-state index contributed by atoms with van der Waals surface area (Å²) in [4.78, 5) is 26.7. The normalized spacial score (nSPS) is 15.0. The number of benzene rings is 1. The highest BCUT2D eigenvalue weighted by Gasteiger charge is 2.27. The van der Waals surface area contributed by atoms with Gasteiger partial charge < -0.3 is 19.5 Å². The summed E-state index contributed by atoms with van der Waals surface area (Å²) < 4.78 is 5.50. The number of ether oxygens (including phenoxy) is 1. The molecule has 0 radical (unpaired) electrons. The Morgan fingerprint density at radius 3 is 2.52 bits per heavy atom. The maximum Gasteiger partial charge on any atom is 0.410 e. The second-order valence-corrected chi connectivity index (χ2v) is 9.19. The Hall–Kier alpha value is -2.67. The molecule has 4 rings (SSSR count). The van der Waals surface area contributed by atoms with Crippen molar-refractivity contribution in [3.8, 4) is 0 Å². The van der Waals surface area contributed by atoms with Crippen LogP contribution >= 0.6 is 11.8 Å². The highest BCUT2D eigenvalue weighted by atomic mass is 32.2. The van der Waals surface area contributed by atoms with Gasteiger partial charge in [0, 0.05) is 43.5 Å². The van der Waals surface area contributed by atoms with Crippen LogP contribution in [-0.2, 0) is 4.74 Å². The highest BCUT2D eigenvalue weighted by molar-refractivity contribution is 7.99. The summed E-state index contributed by atoms with van der Waals surface area (Å²) >= 11 is 1.71. The van der Waals surface area contributed by atoms with Crippen molar-refractivity contribution in [2.75, 3.05) is 31.1 Å². The number of carbonyl (C=O) groups is 1. The van der Waals surface area contributed by atoms with E-state index in [1.165, 1.54) is 4.90 Å². The zero-order chi connectivity index (χ0) is 20.4. The fourth-order valence-corrected chi connectivity index (χ4v) is 4.32. The molecule has 6 nitrogen and oxygen atoms in total. The molecular formula is C22H26N4O2S. The zero-order valence-corrected chi connectivity index (χ0v) is 17.8. The molecular weight excluding hydrogens is 384 g/mol. The number of carbonyl (C=O) groups excluding carboxylic acids is 1. The fraction of sp³-hybridized carbons (Fsp3) is 0.364. The van der Waals surface area contributed by atoms with Gasteiger partial charge in [-0.15, -0.1) is 0 Å². The standard InChI is InChI=1S/C22H26N4O2S/c1-22(2,3)28-21(27)26-13-11-25(12-14-26)17-9-10-23-20-18(15-24-19(17)20)29-16-7-5-4-6-8-16/h4-10,15,24H,11-14H2,1-3H3. The van der Waals surface area contributed by atoms with Crippen molar-refractivity contribution >= 4 is 34.6 Å². The number of anilines is 1. The van der Waals surface area contributed by atoms with E-state index in [1.54, 1.807) is 16.7 Å². The quantitative estimate of drug-likeness (QED) is 0.674. The monoisotopic (exact) mass is 410 g/mol. The molecule has 7 heteroatoms. The lowest BCUT2D eigenvalue weighted by atomic mass is 10.2. The number of rotatable bonds is 3. The maximum absolute atomic E-state index is 12.3. The lowest BCUT2D eigenvalue weighted by molar-refractivity contribution is 0.0240. The van der Waals surface area contributed by atoms with Crippen LogP contribution in [0.4, 0.5) is 10.5 Å². The first-order valence-electron chi connectivity index (χ1n) is 9.82. The van der Waals surface area contributed by atoms with Gasteiger partial charge in [0.25, 0.3) is 0 Å². The van der Waals surface area contributed by atoms with Crippen LogP contribution in [0.3, 0.4) is 0 Å². The second kappa shape index (κ2) is 7.99. The van der Waals surface area contributed by atoms with E-state index in [4.69, 9.17) is 4.74 Å². The number of H-pyrrole nitrogens is 1. The summed E-state index contributed by atoms with van der Waals surface area (Å²) in [5.41, 5.74) is 2.67. The van der Waals surface area contributed by atoms with E-state index in [-0.39, 0.29) is 6.09 Å². The average molecular weight is 411 g/mol. The molecule has 0 spiro atoms. The Labute approximate surface area is 175 Å². The van der Waals surface area contributed by atoms with Crippen molar-refractivity contribution in [1.29, 1.82) is 0 Å². The first-order chi connectivity index (χ1) is 13.9. The number of aromatic nitrogens is 2. The molecule has 2 aromatic heterocycles. The molecule has 0 aliphatic carbocycles. The molecule has 1 aromatic carbocycles. The minimum atomic E-state index is -0.470. The Bertz CT molecular complexity index is 989. The van der Waals surface area contributed by atoms with Crippen molar-refractivity contribution in [3.05, 3.63) is 48.8 Å². The molecule has 29 heavy (non-hydrogen) atoms. The first kappa shape index (κ1) is 19.6. The Kier molecular flexibility index (Phi) is 5.41. The summed E-state index contributed by atoms with van der Waals surface area (Å²) in [6.07, 6.45) is 3.65. The lowest BCUT2D eigenvalue weighted by Crippen LogP contribution is -2.50. The topological polar surface area (TPSA) is 61.5 Å². The van der Waals surface area contributed by atoms with Gasteiger partial charge >= 0.3 is 6.09 Å². The van der Waals surface area contributed by atoms with Crippen LogP contribution in [-0.4, -0.2) is 52.7 Å². The van der Waals surface area contributed by atoms with E-state index in [0.717, 1.165) is 34.7 Å². The van der Waals surface area contributed by atoms with Crippen LogP contribution in [0.2, 0.25) is 0 Å². The first-order valence-corrected chi connectivity index (χ1v) is 10.6. The predicted octanol–water partition coefficient (Wildman–Crippen LogP) is 4.77. The van der Waals surface area contributed by atoms with Gasteiger partial charge in [0.1, 0.15) is 11.1 Å². The third-order valence-corrected chi connectivity index (χ3v) is 5.79. The van der Waals surface area contributed by atoms with Crippen LogP contribution < -0.4 is 4.90 Å². The minimum Gasteiger partial charge on any atom is -0.444 e. The van der Waals surface area contributed by atoms with Crippen LogP contribution in [0.1, 0.15) is 20.8 Å². The third kappa shape index (κ3) is 4.50. The molecule has 1 fully saturated rings. The second-order valence-electron chi connectivity index (χ2n) is 8.08. The molecule has 0 atom stereocenters. The molecule has 0 unspecified atom stereocenters. The minimum absolute atomic E-state index is 0.238. The molecule has 1 saturated heterocycles. The van der Waals surface area contributed by atoms with Crippen LogP contribution in [0.25, 0.3) is 11.0 Å². The highest BCUT2D eigenvalue weighted by Crippen LogP contribution is 2.35. The van der Waals surface area contributed by atoms with Crippen LogP contribution in [0, 0.1) is 0 Å². The molecule has 1 N–H and O–H groups in total. The lowest BCUT2D eigenvalue weighted by Gasteiger charge is -2.36. The van der Waals surface area contributed by atoms with Gasteiger partial charge in [0.2, 0.25) is 0 Å². The molecule has 3 heterocycles. The Balaban J connectivity index is 1.49. The smallest absolute Gasteiger partial charge is 0.410 e. The number of nitrogens with zero attached hydrogens (tertiary/aromatic N) is 3. The summed E-state index contributed by atoms with van der Waals surface area (Å²) in [5.74, 6) is 0. The SMILES string of the molecule is CC(C)(C)OC(=O)N1CCN(c2ccnc3c(Sc4ccccc4)c[nH]c23)CC1. The molecule has 3 aromatic rings. The van der Waals surface area contributed by atoms with Crippen LogP contribution in [0.15, 0.2) is 58.6 Å². The number of nitrogens with one attached hydrogen (secondary N) is 1. The van der Waals surface area contributed by atoms with E-state index in [0.29, 0.717) is 13.1 Å². The molecule has 152 valence electrons. The number of hydrogen-bond acceptors (Lipinski definition) is 5. The van der Waals surface area contributed by atoms with E-state index in [2.05, 4.69) is 27.0 Å². The molecule has 1 aliphatic heterocycles. The molecule has 1 amide bonds. The number of aromatic amines is 1. The number of fused-ring (bicyclic) bond motifs is 1. The van der Waals surface area contributed by atoms with Crippen molar-refractivity contribution in [1.82, 2.24) is 14.9 Å². The van der Waals surface area contributed by atoms with E-state index >= 15 is 0 Å². The predicted molar refractivity (Wildman–Crippen MR) is 117 cm³/mol. The summed E-state index contributed by atoms with van der Waals surface area (Å²) in [6, 6.07) is 12.3. The fourth-order valence-electron chi connectivity index (χ4n) is 3.40. The summed E-state index contributed by atoms with van der Waals surface area (Å²) in [6.45, 7) is 8.49. The van der Waals surface area contributed by atoms with E-state index in [9.17, 15) is 4.79 Å². The number of amides is 1. The van der Waals surface area contributed by atoms with Crippen molar-refractivity contribution in [2.45, 2.75) is 36.2 Å². The van der Waals surface area contributed by atoms with Gasteiger partial charge in [0.15, 0.2) is 0 Å². The van der Waals surface area contributed by atoms with Crippen molar-refractivity contribution in [2.24, 2.45) is 0 Å². The van der Waals surface area contributed by atoms with E-state index < -0.39 is 5.60 Å². The van der Waals surface area contributed by atoms with Crippen molar-refractivity contribution in [3.63, 3.8) is 0 Å². The largest absolute Gasteiger partial charge is 0.444 e. The van der Waals surface area contributed by atoms with Gasteiger partial charge in [-0.25, -0.2) is 4.79 Å². The Morgan fingerprint density at radius 1 is 1.10 bits per heavy atom. The maximum atomic E-state index is 12.3. The number of hydrogen-bond donors (Lipinski definition) is 1. The van der Waals surface area contributed by atoms with Gasteiger partial charge in [-0.1, -0.05) is 30.0 Å². The van der Waals surface area contributed by atoms with Gasteiger partial charge in [-0.2, -0.15) is 0 Å².